The zero-order valence-electron chi connectivity index (χ0n) is 23.3. The van der Waals surface area contributed by atoms with Crippen LogP contribution in [0.2, 0.25) is 0 Å². The number of aliphatic hydroxyl groups excluding tert-OH is 4. The van der Waals surface area contributed by atoms with Crippen molar-refractivity contribution in [1.82, 2.24) is 5.32 Å². The van der Waals surface area contributed by atoms with Gasteiger partial charge in [-0.05, 0) is 38.5 Å². The van der Waals surface area contributed by atoms with Gasteiger partial charge in [0.05, 0.1) is 18.8 Å². The molecular formula is C30H57NO5. The number of nitrogens with one attached hydrogen (secondary N) is 1. The molecule has 0 saturated carbocycles. The summed E-state index contributed by atoms with van der Waals surface area (Å²) in [5, 5.41) is 42.2. The van der Waals surface area contributed by atoms with Crippen molar-refractivity contribution in [3.8, 4) is 0 Å². The van der Waals surface area contributed by atoms with Crippen LogP contribution >= 0.6 is 0 Å². The minimum Gasteiger partial charge on any atom is -0.394 e. The Morgan fingerprint density at radius 1 is 0.694 bits per heavy atom. The third kappa shape index (κ3) is 19.9. The summed E-state index contributed by atoms with van der Waals surface area (Å²) in [6.07, 6.45) is 24.5. The van der Waals surface area contributed by atoms with Crippen LogP contribution in [0.5, 0.6) is 0 Å². The standard InChI is InChI=1S/C30H57NO5/c1-3-5-7-8-9-10-11-12-13-14-15-16-17-18-19-20-21-22-24-28(34)30(36)31-26(25-32)29(35)27(33)23-6-4-2/h9-12,26-29,32-35H,3-8,13-25H2,1-2H3,(H,31,36)/b10-9-,12-11-. The molecule has 4 atom stereocenters. The van der Waals surface area contributed by atoms with Gasteiger partial charge in [0, 0.05) is 0 Å². The summed E-state index contributed by atoms with van der Waals surface area (Å²) in [5.74, 6) is -0.603. The molecule has 4 unspecified atom stereocenters. The second-order valence-electron chi connectivity index (χ2n) is 10.1. The molecule has 0 aliphatic heterocycles. The molecule has 0 rings (SSSR count). The number of carbonyl (C=O) groups excluding carboxylic acids is 1. The van der Waals surface area contributed by atoms with Gasteiger partial charge in [-0.1, -0.05) is 115 Å². The summed E-state index contributed by atoms with van der Waals surface area (Å²) in [4.78, 5) is 12.2. The highest BCUT2D eigenvalue weighted by molar-refractivity contribution is 5.80. The second kappa shape index (κ2) is 25.4. The van der Waals surface area contributed by atoms with Gasteiger partial charge >= 0.3 is 0 Å². The van der Waals surface area contributed by atoms with Gasteiger partial charge in [-0.3, -0.25) is 4.79 Å². The summed E-state index contributed by atoms with van der Waals surface area (Å²) < 4.78 is 0. The number of rotatable bonds is 25. The lowest BCUT2D eigenvalue weighted by molar-refractivity contribution is -0.132. The Labute approximate surface area is 221 Å². The quantitative estimate of drug-likeness (QED) is 0.0795. The number of carbonyl (C=O) groups is 1. The summed E-state index contributed by atoms with van der Waals surface area (Å²) in [7, 11) is 0. The van der Waals surface area contributed by atoms with Crippen LogP contribution in [0.1, 0.15) is 129 Å². The summed E-state index contributed by atoms with van der Waals surface area (Å²) >= 11 is 0. The van der Waals surface area contributed by atoms with E-state index in [2.05, 4.69) is 36.5 Å². The van der Waals surface area contributed by atoms with E-state index in [9.17, 15) is 25.2 Å². The van der Waals surface area contributed by atoms with Crippen LogP contribution in [-0.2, 0) is 4.79 Å². The van der Waals surface area contributed by atoms with Crippen LogP contribution in [-0.4, -0.2) is 57.3 Å². The van der Waals surface area contributed by atoms with E-state index < -0.39 is 36.9 Å². The largest absolute Gasteiger partial charge is 0.394 e. The van der Waals surface area contributed by atoms with Gasteiger partial charge < -0.3 is 25.7 Å². The van der Waals surface area contributed by atoms with E-state index in [4.69, 9.17) is 0 Å². The molecule has 5 N–H and O–H groups in total. The Morgan fingerprint density at radius 2 is 1.19 bits per heavy atom. The van der Waals surface area contributed by atoms with E-state index in [1.165, 1.54) is 64.2 Å². The molecule has 0 aromatic carbocycles. The summed E-state index contributed by atoms with van der Waals surface area (Å²) in [6.45, 7) is 3.73. The van der Waals surface area contributed by atoms with Gasteiger partial charge in [0.15, 0.2) is 0 Å². The molecule has 6 heteroatoms. The molecule has 0 spiro atoms. The molecular weight excluding hydrogens is 454 g/mol. The van der Waals surface area contributed by atoms with E-state index in [-0.39, 0.29) is 0 Å². The van der Waals surface area contributed by atoms with Crippen molar-refractivity contribution < 1.29 is 25.2 Å². The lowest BCUT2D eigenvalue weighted by Gasteiger charge is -2.27. The van der Waals surface area contributed by atoms with Crippen molar-refractivity contribution in [2.75, 3.05) is 6.61 Å². The summed E-state index contributed by atoms with van der Waals surface area (Å²) in [6, 6.07) is -0.979. The first-order valence-corrected chi connectivity index (χ1v) is 14.7. The average molecular weight is 512 g/mol. The molecule has 0 aliphatic rings. The van der Waals surface area contributed by atoms with Crippen molar-refractivity contribution in [3.63, 3.8) is 0 Å². The lowest BCUT2D eigenvalue weighted by Crippen LogP contribution is -2.53. The number of unbranched alkanes of at least 4 members (excludes halogenated alkanes) is 13. The van der Waals surface area contributed by atoms with Gasteiger partial charge in [0.2, 0.25) is 5.91 Å². The SMILES string of the molecule is CCCCC/C=C\C=C/CCCCCCCCCCCC(O)C(=O)NC(CO)C(O)C(O)CCCC. The Morgan fingerprint density at radius 3 is 1.72 bits per heavy atom. The Hall–Kier alpha value is -1.21. The fourth-order valence-electron chi connectivity index (χ4n) is 4.20. The van der Waals surface area contributed by atoms with Crippen molar-refractivity contribution >= 4 is 5.91 Å². The molecule has 0 saturated heterocycles. The van der Waals surface area contributed by atoms with Gasteiger partial charge in [0.25, 0.3) is 0 Å². The monoisotopic (exact) mass is 511 g/mol. The number of hydrogen-bond donors (Lipinski definition) is 5. The molecule has 0 aliphatic carbocycles. The molecule has 0 radical (unpaired) electrons. The molecule has 6 nitrogen and oxygen atoms in total. The second-order valence-corrected chi connectivity index (χ2v) is 10.1. The minimum atomic E-state index is -1.25. The van der Waals surface area contributed by atoms with Gasteiger partial charge in [0.1, 0.15) is 12.2 Å². The van der Waals surface area contributed by atoms with E-state index in [0.29, 0.717) is 12.8 Å². The van der Waals surface area contributed by atoms with Gasteiger partial charge in [-0.2, -0.15) is 0 Å². The van der Waals surface area contributed by atoms with E-state index in [1.54, 1.807) is 0 Å². The molecule has 0 aromatic heterocycles. The summed E-state index contributed by atoms with van der Waals surface area (Å²) in [5.41, 5.74) is 0. The molecule has 0 aromatic rings. The molecule has 36 heavy (non-hydrogen) atoms. The minimum absolute atomic E-state index is 0.361. The van der Waals surface area contributed by atoms with Crippen LogP contribution in [0.4, 0.5) is 0 Å². The Balaban J connectivity index is 3.70. The highest BCUT2D eigenvalue weighted by Gasteiger charge is 2.28. The van der Waals surface area contributed by atoms with Crippen molar-refractivity contribution in [3.05, 3.63) is 24.3 Å². The number of hydrogen-bond acceptors (Lipinski definition) is 5. The third-order valence-electron chi connectivity index (χ3n) is 6.69. The Kier molecular flexibility index (Phi) is 24.6. The number of aliphatic hydroxyl groups is 4. The van der Waals surface area contributed by atoms with Crippen molar-refractivity contribution in [1.29, 1.82) is 0 Å². The maximum atomic E-state index is 12.2. The van der Waals surface area contributed by atoms with E-state index >= 15 is 0 Å². The lowest BCUT2D eigenvalue weighted by atomic mass is 10.0. The first-order valence-electron chi connectivity index (χ1n) is 14.7. The molecule has 0 bridgehead atoms. The zero-order valence-corrected chi connectivity index (χ0v) is 23.3. The predicted octanol–water partition coefficient (Wildman–Crippen LogP) is 5.72. The fourth-order valence-corrected chi connectivity index (χ4v) is 4.20. The molecule has 0 fully saturated rings. The molecule has 1 amide bonds. The van der Waals surface area contributed by atoms with E-state index in [0.717, 1.165) is 38.5 Å². The highest BCUT2D eigenvalue weighted by Crippen LogP contribution is 2.13. The van der Waals surface area contributed by atoms with Gasteiger partial charge in [-0.25, -0.2) is 0 Å². The predicted molar refractivity (Wildman–Crippen MR) is 150 cm³/mol. The maximum absolute atomic E-state index is 12.2. The normalized spacial score (nSPS) is 15.4. The van der Waals surface area contributed by atoms with Crippen LogP contribution in [0.3, 0.4) is 0 Å². The van der Waals surface area contributed by atoms with Crippen LogP contribution < -0.4 is 5.32 Å². The molecule has 0 heterocycles. The first-order chi connectivity index (χ1) is 17.5. The third-order valence-corrected chi connectivity index (χ3v) is 6.69. The van der Waals surface area contributed by atoms with Crippen molar-refractivity contribution in [2.24, 2.45) is 0 Å². The average Bonchev–Trinajstić information content (AvgIpc) is 2.88. The fraction of sp³-hybridized carbons (Fsp3) is 0.833. The maximum Gasteiger partial charge on any atom is 0.249 e. The smallest absolute Gasteiger partial charge is 0.249 e. The highest BCUT2D eigenvalue weighted by atomic mass is 16.3. The number of amides is 1. The van der Waals surface area contributed by atoms with Crippen LogP contribution in [0.25, 0.3) is 0 Å². The number of allylic oxidation sites excluding steroid dienone is 4. The van der Waals surface area contributed by atoms with Crippen molar-refractivity contribution in [2.45, 2.75) is 154 Å². The van der Waals surface area contributed by atoms with Crippen LogP contribution in [0, 0.1) is 0 Å². The molecule has 212 valence electrons. The van der Waals surface area contributed by atoms with Crippen LogP contribution in [0.15, 0.2) is 24.3 Å². The van der Waals surface area contributed by atoms with Gasteiger partial charge in [-0.15, -0.1) is 0 Å². The Bertz CT molecular complexity index is 551. The van der Waals surface area contributed by atoms with E-state index in [1.807, 2.05) is 6.92 Å². The zero-order chi connectivity index (χ0) is 26.9. The first kappa shape index (κ1) is 34.8. The topological polar surface area (TPSA) is 110 Å².